The second-order valence-corrected chi connectivity index (χ2v) is 3.28. The van der Waals surface area contributed by atoms with Gasteiger partial charge in [0.1, 0.15) is 0 Å². The zero-order valence-electron chi connectivity index (χ0n) is 7.34. The Hall–Kier alpha value is -0.610. The number of hydrogen-bond donors (Lipinski definition) is 3. The van der Waals surface area contributed by atoms with E-state index < -0.39 is 0 Å². The Kier molecular flexibility index (Phi) is 3.49. The molecule has 0 bridgehead atoms. The van der Waals surface area contributed by atoms with Crippen molar-refractivity contribution in [3.05, 3.63) is 0 Å². The molecule has 1 aliphatic heterocycles. The molecule has 1 aliphatic rings. The minimum Gasteiger partial charge on any atom is -0.394 e. The van der Waals surface area contributed by atoms with E-state index in [9.17, 15) is 4.79 Å². The lowest BCUT2D eigenvalue weighted by atomic mass is 10.1. The van der Waals surface area contributed by atoms with Crippen molar-refractivity contribution < 1.29 is 9.90 Å². The quantitative estimate of drug-likeness (QED) is 0.516. The van der Waals surface area contributed by atoms with Crippen molar-refractivity contribution in [3.63, 3.8) is 0 Å². The van der Waals surface area contributed by atoms with Crippen LogP contribution in [-0.2, 0) is 4.79 Å². The Morgan fingerprint density at radius 1 is 1.83 bits per heavy atom. The van der Waals surface area contributed by atoms with Crippen molar-refractivity contribution in [2.45, 2.75) is 19.4 Å². The first kappa shape index (κ1) is 9.48. The zero-order valence-corrected chi connectivity index (χ0v) is 7.34. The smallest absolute Gasteiger partial charge is 0.224 e. The van der Waals surface area contributed by atoms with Crippen molar-refractivity contribution in [2.75, 3.05) is 19.7 Å². The highest BCUT2D eigenvalue weighted by atomic mass is 16.3. The molecule has 1 rings (SSSR count). The summed E-state index contributed by atoms with van der Waals surface area (Å²) in [6, 6.07) is -0.127. The van der Waals surface area contributed by atoms with Crippen LogP contribution in [0.4, 0.5) is 0 Å². The van der Waals surface area contributed by atoms with Gasteiger partial charge in [-0.05, 0) is 19.9 Å². The van der Waals surface area contributed by atoms with Crippen LogP contribution in [0.25, 0.3) is 0 Å². The lowest BCUT2D eigenvalue weighted by Crippen LogP contribution is -2.39. The number of amides is 1. The van der Waals surface area contributed by atoms with Gasteiger partial charge in [-0.3, -0.25) is 4.79 Å². The second kappa shape index (κ2) is 4.42. The molecule has 0 aliphatic carbocycles. The van der Waals surface area contributed by atoms with Crippen molar-refractivity contribution in [1.29, 1.82) is 0 Å². The van der Waals surface area contributed by atoms with E-state index in [0.29, 0.717) is 0 Å². The molecule has 0 aromatic rings. The predicted octanol–water partition coefficient (Wildman–Crippen LogP) is -0.907. The van der Waals surface area contributed by atoms with Gasteiger partial charge in [0.25, 0.3) is 0 Å². The molecule has 1 heterocycles. The minimum absolute atomic E-state index is 0.00584. The lowest BCUT2D eigenvalue weighted by Gasteiger charge is -2.13. The van der Waals surface area contributed by atoms with Crippen LogP contribution in [-0.4, -0.2) is 36.8 Å². The van der Waals surface area contributed by atoms with E-state index in [1.807, 2.05) is 0 Å². The fraction of sp³-hybridized carbons (Fsp3) is 0.875. The van der Waals surface area contributed by atoms with Crippen LogP contribution in [0.15, 0.2) is 0 Å². The molecule has 3 N–H and O–H groups in total. The molecule has 2 atom stereocenters. The average Bonchev–Trinajstić information content (AvgIpc) is 2.56. The van der Waals surface area contributed by atoms with Gasteiger partial charge < -0.3 is 15.7 Å². The summed E-state index contributed by atoms with van der Waals surface area (Å²) in [5, 5.41) is 14.6. The second-order valence-electron chi connectivity index (χ2n) is 3.28. The highest BCUT2D eigenvalue weighted by molar-refractivity contribution is 5.79. The molecule has 1 saturated heterocycles. The summed E-state index contributed by atoms with van der Waals surface area (Å²) in [4.78, 5) is 11.4. The van der Waals surface area contributed by atoms with Gasteiger partial charge in [0.2, 0.25) is 5.91 Å². The number of rotatable bonds is 3. The fourth-order valence-corrected chi connectivity index (χ4v) is 1.28. The van der Waals surface area contributed by atoms with Crippen LogP contribution < -0.4 is 10.6 Å². The molecule has 0 aromatic heterocycles. The molecule has 4 nitrogen and oxygen atoms in total. The van der Waals surface area contributed by atoms with Crippen molar-refractivity contribution >= 4 is 5.91 Å². The molecule has 1 unspecified atom stereocenters. The Bertz CT molecular complexity index is 155. The fourth-order valence-electron chi connectivity index (χ4n) is 1.28. The van der Waals surface area contributed by atoms with E-state index in [-0.39, 0.29) is 24.5 Å². The van der Waals surface area contributed by atoms with Crippen LogP contribution >= 0.6 is 0 Å². The molecular weight excluding hydrogens is 156 g/mol. The maximum absolute atomic E-state index is 11.4. The Balaban J connectivity index is 2.27. The molecule has 0 aromatic carbocycles. The van der Waals surface area contributed by atoms with Crippen molar-refractivity contribution in [2.24, 2.45) is 5.92 Å². The Morgan fingerprint density at radius 2 is 2.58 bits per heavy atom. The number of carbonyl (C=O) groups is 1. The minimum atomic E-state index is -0.127. The highest BCUT2D eigenvalue weighted by Gasteiger charge is 2.22. The maximum Gasteiger partial charge on any atom is 0.224 e. The van der Waals surface area contributed by atoms with Gasteiger partial charge in [-0.2, -0.15) is 0 Å². The summed E-state index contributed by atoms with van der Waals surface area (Å²) >= 11 is 0. The van der Waals surface area contributed by atoms with E-state index in [0.717, 1.165) is 19.5 Å². The summed E-state index contributed by atoms with van der Waals surface area (Å²) in [6.07, 6.45) is 0.907. The van der Waals surface area contributed by atoms with Gasteiger partial charge in [0.15, 0.2) is 0 Å². The SMILES string of the molecule is C[C@@H](CO)NC(=O)C1CCNC1. The van der Waals surface area contributed by atoms with E-state index in [4.69, 9.17) is 5.11 Å². The number of nitrogens with one attached hydrogen (secondary N) is 2. The van der Waals surface area contributed by atoms with Crippen LogP contribution in [0.3, 0.4) is 0 Å². The van der Waals surface area contributed by atoms with Crippen molar-refractivity contribution in [3.8, 4) is 0 Å². The molecule has 4 heteroatoms. The van der Waals surface area contributed by atoms with Crippen LogP contribution in [0.1, 0.15) is 13.3 Å². The van der Waals surface area contributed by atoms with Crippen molar-refractivity contribution in [1.82, 2.24) is 10.6 Å². The molecule has 70 valence electrons. The first-order valence-electron chi connectivity index (χ1n) is 4.36. The Morgan fingerprint density at radius 3 is 3.08 bits per heavy atom. The van der Waals surface area contributed by atoms with E-state index in [1.54, 1.807) is 6.92 Å². The summed E-state index contributed by atoms with van der Waals surface area (Å²) in [6.45, 7) is 3.49. The van der Waals surface area contributed by atoms with E-state index >= 15 is 0 Å². The van der Waals surface area contributed by atoms with Gasteiger partial charge in [-0.25, -0.2) is 0 Å². The molecule has 0 radical (unpaired) electrons. The topological polar surface area (TPSA) is 61.4 Å². The molecule has 12 heavy (non-hydrogen) atoms. The summed E-state index contributed by atoms with van der Waals surface area (Å²) in [7, 11) is 0. The summed E-state index contributed by atoms with van der Waals surface area (Å²) in [5.41, 5.74) is 0. The monoisotopic (exact) mass is 172 g/mol. The molecular formula is C8H16N2O2. The zero-order chi connectivity index (χ0) is 8.97. The predicted molar refractivity (Wildman–Crippen MR) is 45.7 cm³/mol. The van der Waals surface area contributed by atoms with Gasteiger partial charge in [-0.15, -0.1) is 0 Å². The highest BCUT2D eigenvalue weighted by Crippen LogP contribution is 2.07. The van der Waals surface area contributed by atoms with E-state index in [2.05, 4.69) is 10.6 Å². The standard InChI is InChI=1S/C8H16N2O2/c1-6(5-11)10-8(12)7-2-3-9-4-7/h6-7,9,11H,2-5H2,1H3,(H,10,12)/t6-,7?/m0/s1. The largest absolute Gasteiger partial charge is 0.394 e. The molecule has 0 saturated carbocycles. The van der Waals surface area contributed by atoms with Crippen LogP contribution in [0.2, 0.25) is 0 Å². The number of hydrogen-bond acceptors (Lipinski definition) is 3. The normalized spacial score (nSPS) is 25.3. The maximum atomic E-state index is 11.4. The van der Waals surface area contributed by atoms with E-state index in [1.165, 1.54) is 0 Å². The van der Waals surface area contributed by atoms with Crippen LogP contribution in [0, 0.1) is 5.92 Å². The summed E-state index contributed by atoms with van der Waals surface area (Å²) < 4.78 is 0. The number of aliphatic hydroxyl groups excluding tert-OH is 1. The lowest BCUT2D eigenvalue weighted by molar-refractivity contribution is -0.125. The molecule has 0 spiro atoms. The number of carbonyl (C=O) groups excluding carboxylic acids is 1. The third-order valence-corrected chi connectivity index (χ3v) is 2.09. The third-order valence-electron chi connectivity index (χ3n) is 2.09. The molecule has 1 fully saturated rings. The van der Waals surface area contributed by atoms with Gasteiger partial charge in [0, 0.05) is 12.6 Å². The molecule has 1 amide bonds. The van der Waals surface area contributed by atoms with Crippen LogP contribution in [0.5, 0.6) is 0 Å². The first-order valence-corrected chi connectivity index (χ1v) is 4.36. The summed E-state index contributed by atoms with van der Waals surface area (Å²) in [5.74, 6) is 0.153. The van der Waals surface area contributed by atoms with Gasteiger partial charge >= 0.3 is 0 Å². The Labute approximate surface area is 72.3 Å². The van der Waals surface area contributed by atoms with Gasteiger partial charge in [-0.1, -0.05) is 0 Å². The first-order chi connectivity index (χ1) is 5.74. The average molecular weight is 172 g/mol. The van der Waals surface area contributed by atoms with Gasteiger partial charge in [0.05, 0.1) is 12.5 Å². The third kappa shape index (κ3) is 2.46. The number of aliphatic hydroxyl groups is 1.